The number of hydrogen-bond acceptors (Lipinski definition) is 3. The summed E-state index contributed by atoms with van der Waals surface area (Å²) in [6.07, 6.45) is 1.14. The second-order valence-corrected chi connectivity index (χ2v) is 6.23. The van der Waals surface area contributed by atoms with Crippen LogP contribution in [-0.4, -0.2) is 37.2 Å². The van der Waals surface area contributed by atoms with Gasteiger partial charge < -0.3 is 10.1 Å². The molecule has 1 atom stereocenters. The zero-order valence-electron chi connectivity index (χ0n) is 13.9. The molecule has 0 aliphatic rings. The first-order valence-corrected chi connectivity index (χ1v) is 7.46. The Balaban J connectivity index is 2.50. The molecule has 0 heterocycles. The average Bonchev–Trinajstić information content (AvgIpc) is 2.45. The summed E-state index contributed by atoms with van der Waals surface area (Å²) in [5.74, 6) is 0.925. The Morgan fingerprint density at radius 2 is 2.05 bits per heavy atom. The molecule has 1 N–H and O–H groups in total. The summed E-state index contributed by atoms with van der Waals surface area (Å²) in [4.78, 5) is 2.37. The van der Waals surface area contributed by atoms with Gasteiger partial charge in [0.25, 0.3) is 0 Å². The Kier molecular flexibility index (Phi) is 6.50. The fourth-order valence-electron chi connectivity index (χ4n) is 1.92. The summed E-state index contributed by atoms with van der Waals surface area (Å²) in [5, 5.41) is 3.63. The highest BCUT2D eigenvalue weighted by Crippen LogP contribution is 2.15. The Morgan fingerprint density at radius 3 is 2.65 bits per heavy atom. The third-order valence-electron chi connectivity index (χ3n) is 4.08. The molecule has 20 heavy (non-hydrogen) atoms. The molecule has 0 aliphatic heterocycles. The highest BCUT2D eigenvalue weighted by atomic mass is 16.5. The Labute approximate surface area is 124 Å². The maximum absolute atomic E-state index is 5.27. The first-order chi connectivity index (χ1) is 9.38. The topological polar surface area (TPSA) is 24.5 Å². The van der Waals surface area contributed by atoms with Gasteiger partial charge in [0.15, 0.2) is 0 Å². The predicted octanol–water partition coefficient (Wildman–Crippen LogP) is 3.29. The maximum Gasteiger partial charge on any atom is 0.119 e. The van der Waals surface area contributed by atoms with Gasteiger partial charge in [-0.3, -0.25) is 4.90 Å². The maximum atomic E-state index is 5.27. The van der Waals surface area contributed by atoms with Gasteiger partial charge in [0.1, 0.15) is 5.75 Å². The fourth-order valence-corrected chi connectivity index (χ4v) is 1.92. The normalized spacial score (nSPS) is 13.6. The van der Waals surface area contributed by atoms with Gasteiger partial charge in [-0.2, -0.15) is 0 Å². The molecule has 3 heteroatoms. The lowest BCUT2D eigenvalue weighted by molar-refractivity contribution is 0.223. The second-order valence-electron chi connectivity index (χ2n) is 6.23. The van der Waals surface area contributed by atoms with Crippen molar-refractivity contribution in [1.29, 1.82) is 0 Å². The lowest BCUT2D eigenvalue weighted by Gasteiger charge is -2.31. The van der Waals surface area contributed by atoms with Gasteiger partial charge in [0.2, 0.25) is 0 Å². The summed E-state index contributed by atoms with van der Waals surface area (Å²) in [6.45, 7) is 10.9. The van der Waals surface area contributed by atoms with E-state index in [0.29, 0.717) is 6.04 Å². The molecule has 0 bridgehead atoms. The Morgan fingerprint density at radius 1 is 1.35 bits per heavy atom. The minimum atomic E-state index is 0.213. The van der Waals surface area contributed by atoms with Crippen LogP contribution in [0.15, 0.2) is 24.3 Å². The molecule has 0 spiro atoms. The third-order valence-corrected chi connectivity index (χ3v) is 4.08. The van der Waals surface area contributed by atoms with Crippen LogP contribution in [0.1, 0.15) is 39.7 Å². The van der Waals surface area contributed by atoms with Crippen molar-refractivity contribution in [1.82, 2.24) is 10.2 Å². The van der Waals surface area contributed by atoms with E-state index in [4.69, 9.17) is 4.74 Å². The summed E-state index contributed by atoms with van der Waals surface area (Å²) < 4.78 is 5.27. The molecule has 0 radical (unpaired) electrons. The second kappa shape index (κ2) is 7.65. The Bertz CT molecular complexity index is 404. The fraction of sp³-hybridized carbons (Fsp3) is 0.647. The Hall–Kier alpha value is -1.06. The first kappa shape index (κ1) is 17.0. The van der Waals surface area contributed by atoms with Crippen molar-refractivity contribution >= 4 is 0 Å². The molecule has 1 rings (SSSR count). The summed E-state index contributed by atoms with van der Waals surface area (Å²) in [5.41, 5.74) is 1.50. The number of hydrogen-bond donors (Lipinski definition) is 1. The molecule has 0 amide bonds. The van der Waals surface area contributed by atoms with Crippen LogP contribution in [0.25, 0.3) is 0 Å². The van der Waals surface area contributed by atoms with E-state index in [9.17, 15) is 0 Å². The molecule has 114 valence electrons. The zero-order valence-corrected chi connectivity index (χ0v) is 13.9. The number of benzene rings is 1. The van der Waals surface area contributed by atoms with Crippen LogP contribution in [0.2, 0.25) is 0 Å². The van der Waals surface area contributed by atoms with Crippen molar-refractivity contribution in [2.75, 3.05) is 20.7 Å². The van der Waals surface area contributed by atoms with Crippen LogP contribution < -0.4 is 10.1 Å². The van der Waals surface area contributed by atoms with Crippen LogP contribution in [-0.2, 0) is 6.54 Å². The van der Waals surface area contributed by atoms with Gasteiger partial charge in [-0.25, -0.2) is 0 Å². The number of ether oxygens (including phenoxy) is 1. The molecule has 1 unspecified atom stereocenters. The minimum Gasteiger partial charge on any atom is -0.497 e. The lowest BCUT2D eigenvalue weighted by atomic mass is 10.0. The van der Waals surface area contributed by atoms with Crippen LogP contribution in [0.3, 0.4) is 0 Å². The number of methoxy groups -OCH3 is 1. The highest BCUT2D eigenvalue weighted by Gasteiger charge is 2.17. The number of nitrogens with one attached hydrogen (secondary N) is 1. The zero-order chi connectivity index (χ0) is 15.2. The molecule has 1 aromatic rings. The lowest BCUT2D eigenvalue weighted by Crippen LogP contribution is -2.46. The molecule has 1 aromatic carbocycles. The number of rotatable bonds is 8. The van der Waals surface area contributed by atoms with E-state index < -0.39 is 0 Å². The smallest absolute Gasteiger partial charge is 0.119 e. The van der Waals surface area contributed by atoms with Crippen LogP contribution in [0.4, 0.5) is 0 Å². The van der Waals surface area contributed by atoms with Crippen molar-refractivity contribution in [3.63, 3.8) is 0 Å². The SMILES string of the molecule is CCC(C)(C)NCC(C)N(C)Cc1cccc(OC)c1. The van der Waals surface area contributed by atoms with Crippen molar-refractivity contribution in [2.45, 2.75) is 52.2 Å². The van der Waals surface area contributed by atoms with Crippen LogP contribution in [0, 0.1) is 0 Å². The van der Waals surface area contributed by atoms with E-state index in [1.54, 1.807) is 7.11 Å². The van der Waals surface area contributed by atoms with Gasteiger partial charge in [0, 0.05) is 24.7 Å². The molecule has 0 aliphatic carbocycles. The average molecular weight is 278 g/mol. The first-order valence-electron chi connectivity index (χ1n) is 7.46. The molecule has 0 aromatic heterocycles. The molecule has 0 fully saturated rings. The van der Waals surface area contributed by atoms with Crippen LogP contribution in [0.5, 0.6) is 5.75 Å². The number of nitrogens with zero attached hydrogens (tertiary/aromatic N) is 1. The van der Waals surface area contributed by atoms with E-state index in [1.165, 1.54) is 5.56 Å². The third kappa shape index (κ3) is 5.51. The van der Waals surface area contributed by atoms with Crippen molar-refractivity contribution < 1.29 is 4.74 Å². The molecular weight excluding hydrogens is 248 g/mol. The van der Waals surface area contributed by atoms with E-state index in [2.05, 4.69) is 57.1 Å². The standard InChI is InChI=1S/C17H30N2O/c1-7-17(3,4)18-12-14(2)19(5)13-15-9-8-10-16(11-15)20-6/h8-11,14,18H,7,12-13H2,1-6H3. The van der Waals surface area contributed by atoms with Crippen molar-refractivity contribution in [3.8, 4) is 5.75 Å². The quantitative estimate of drug-likeness (QED) is 0.789. The molecule has 0 saturated carbocycles. The van der Waals surface area contributed by atoms with Gasteiger partial charge in [-0.15, -0.1) is 0 Å². The predicted molar refractivity (Wildman–Crippen MR) is 86.3 cm³/mol. The molecular formula is C17H30N2O. The minimum absolute atomic E-state index is 0.213. The monoisotopic (exact) mass is 278 g/mol. The van der Waals surface area contributed by atoms with Gasteiger partial charge >= 0.3 is 0 Å². The molecule has 3 nitrogen and oxygen atoms in total. The largest absolute Gasteiger partial charge is 0.497 e. The van der Waals surface area contributed by atoms with Gasteiger partial charge in [0.05, 0.1) is 7.11 Å². The molecule has 0 saturated heterocycles. The van der Waals surface area contributed by atoms with Crippen molar-refractivity contribution in [3.05, 3.63) is 29.8 Å². The van der Waals surface area contributed by atoms with Crippen molar-refractivity contribution in [2.24, 2.45) is 0 Å². The van der Waals surface area contributed by atoms with Gasteiger partial charge in [-0.05, 0) is 51.9 Å². The highest BCUT2D eigenvalue weighted by molar-refractivity contribution is 5.28. The summed E-state index contributed by atoms with van der Waals surface area (Å²) in [6, 6.07) is 8.78. The van der Waals surface area contributed by atoms with Crippen LogP contribution >= 0.6 is 0 Å². The summed E-state index contributed by atoms with van der Waals surface area (Å²) in [7, 11) is 3.88. The van der Waals surface area contributed by atoms with E-state index >= 15 is 0 Å². The number of likely N-dealkylation sites (N-methyl/N-ethyl adjacent to an activating group) is 1. The van der Waals surface area contributed by atoms with Gasteiger partial charge in [-0.1, -0.05) is 19.1 Å². The van der Waals surface area contributed by atoms with E-state index in [1.807, 2.05) is 12.1 Å². The summed E-state index contributed by atoms with van der Waals surface area (Å²) >= 11 is 0. The van der Waals surface area contributed by atoms with E-state index in [0.717, 1.165) is 25.3 Å². The van der Waals surface area contributed by atoms with E-state index in [-0.39, 0.29) is 5.54 Å².